The van der Waals surface area contributed by atoms with Crippen LogP contribution in [-0.2, 0) is 5.75 Å². The topological polar surface area (TPSA) is 41.8 Å². The molecule has 1 heterocycles. The summed E-state index contributed by atoms with van der Waals surface area (Å²) in [7, 11) is 0. The van der Waals surface area contributed by atoms with E-state index in [0.717, 1.165) is 41.3 Å². The number of urea groups is 1. The number of fused-ring (bicyclic) bond motifs is 1. The van der Waals surface area contributed by atoms with E-state index in [1.54, 1.807) is 17.8 Å². The first kappa shape index (κ1) is 15.1. The molecule has 3 rings (SSSR count). The van der Waals surface area contributed by atoms with Crippen molar-refractivity contribution >= 4 is 51.8 Å². The molecule has 6 heteroatoms. The summed E-state index contributed by atoms with van der Waals surface area (Å²) in [5, 5.41) is 2.00. The second-order valence-electron chi connectivity index (χ2n) is 5.17. The molecule has 0 saturated heterocycles. The van der Waals surface area contributed by atoms with Crippen molar-refractivity contribution in [1.82, 2.24) is 0 Å². The molecular formula is C15H14Cl2N2OS. The van der Waals surface area contributed by atoms with Gasteiger partial charge >= 0.3 is 6.03 Å². The molecule has 1 aromatic carbocycles. The molecule has 1 aromatic rings. The Kier molecular flexibility index (Phi) is 4.67. The molecule has 1 unspecified atom stereocenters. The highest BCUT2D eigenvalue weighted by Gasteiger charge is 2.30. The van der Waals surface area contributed by atoms with Gasteiger partial charge in [-0.1, -0.05) is 35.7 Å². The van der Waals surface area contributed by atoms with Crippen molar-refractivity contribution in [2.45, 2.75) is 31.4 Å². The average molecular weight is 341 g/mol. The highest BCUT2D eigenvalue weighted by Crippen LogP contribution is 2.32. The smallest absolute Gasteiger partial charge is 0.244 e. The number of benzene rings is 1. The van der Waals surface area contributed by atoms with E-state index in [1.807, 2.05) is 12.1 Å². The first-order chi connectivity index (χ1) is 10.1. The third kappa shape index (κ3) is 3.50. The average Bonchev–Trinajstić information content (AvgIpc) is 2.48. The molecule has 0 N–H and O–H groups in total. The number of rotatable bonds is 2. The first-order valence-electron chi connectivity index (χ1n) is 6.90. The van der Waals surface area contributed by atoms with E-state index in [4.69, 9.17) is 23.2 Å². The molecule has 2 aliphatic rings. The summed E-state index contributed by atoms with van der Waals surface area (Å²) in [5.74, 6) is 0.969. The Bertz CT molecular complexity index is 643. The molecule has 1 fully saturated rings. The lowest BCUT2D eigenvalue weighted by molar-refractivity contribution is 0.256. The fraction of sp³-hybridized carbons (Fsp3) is 0.400. The van der Waals surface area contributed by atoms with Gasteiger partial charge in [0.25, 0.3) is 0 Å². The van der Waals surface area contributed by atoms with Crippen LogP contribution in [0.25, 0.3) is 0 Å². The number of halogens is 2. The highest BCUT2D eigenvalue weighted by atomic mass is 35.5. The predicted octanol–water partition coefficient (Wildman–Crippen LogP) is 5.39. The molecule has 1 aliphatic carbocycles. The molecule has 2 amide bonds. The van der Waals surface area contributed by atoms with Crippen molar-refractivity contribution in [3.05, 3.63) is 33.8 Å². The minimum absolute atomic E-state index is 0.240. The predicted molar refractivity (Wildman–Crippen MR) is 90.0 cm³/mol. The maximum Gasteiger partial charge on any atom is 0.367 e. The number of carbonyl (C=O) groups is 1. The number of carbonyl (C=O) groups excluding carboxylic acids is 1. The maximum atomic E-state index is 11.6. The molecule has 110 valence electrons. The third-order valence-corrected chi connectivity index (χ3v) is 5.58. The highest BCUT2D eigenvalue weighted by molar-refractivity contribution is 8.13. The van der Waals surface area contributed by atoms with Gasteiger partial charge in [0.1, 0.15) is 0 Å². The number of amides is 2. The van der Waals surface area contributed by atoms with Crippen molar-refractivity contribution in [2.24, 2.45) is 15.9 Å². The number of thioether (sulfide) groups is 1. The summed E-state index contributed by atoms with van der Waals surface area (Å²) in [6, 6.07) is 5.24. The minimum Gasteiger partial charge on any atom is -0.244 e. The van der Waals surface area contributed by atoms with Gasteiger partial charge in [-0.2, -0.15) is 4.99 Å². The Morgan fingerprint density at radius 1 is 1.19 bits per heavy atom. The van der Waals surface area contributed by atoms with Crippen LogP contribution in [0.2, 0.25) is 10.0 Å². The molecule has 0 spiro atoms. The SMILES string of the molecule is O=C1N=C2CCCCC2C(SCc2ccc(Cl)c(Cl)c2)=N1. The lowest BCUT2D eigenvalue weighted by Gasteiger charge is -2.27. The van der Waals surface area contributed by atoms with Crippen molar-refractivity contribution in [1.29, 1.82) is 0 Å². The summed E-state index contributed by atoms with van der Waals surface area (Å²) in [6.45, 7) is 0. The second-order valence-corrected chi connectivity index (χ2v) is 6.98. The van der Waals surface area contributed by atoms with Crippen LogP contribution >= 0.6 is 35.0 Å². The van der Waals surface area contributed by atoms with Gasteiger partial charge in [0.2, 0.25) is 0 Å². The number of aliphatic imine (C=N–C) groups is 2. The fourth-order valence-electron chi connectivity index (χ4n) is 2.63. The Hall–Kier alpha value is -0.840. The van der Waals surface area contributed by atoms with Crippen molar-refractivity contribution in [3.63, 3.8) is 0 Å². The zero-order chi connectivity index (χ0) is 14.8. The molecule has 21 heavy (non-hydrogen) atoms. The van der Waals surface area contributed by atoms with Crippen molar-refractivity contribution in [3.8, 4) is 0 Å². The summed E-state index contributed by atoms with van der Waals surface area (Å²) < 4.78 is 0. The lowest BCUT2D eigenvalue weighted by Crippen LogP contribution is -2.30. The van der Waals surface area contributed by atoms with Crippen LogP contribution in [-0.4, -0.2) is 16.8 Å². The Morgan fingerprint density at radius 3 is 2.86 bits per heavy atom. The summed E-state index contributed by atoms with van der Waals surface area (Å²) in [5.41, 5.74) is 2.09. The van der Waals surface area contributed by atoms with Gasteiger partial charge in [0.05, 0.1) is 15.1 Å². The molecule has 0 bridgehead atoms. The van der Waals surface area contributed by atoms with Crippen molar-refractivity contribution in [2.75, 3.05) is 0 Å². The van der Waals surface area contributed by atoms with Crippen LogP contribution < -0.4 is 0 Å². The van der Waals surface area contributed by atoms with E-state index in [9.17, 15) is 4.79 Å². The van der Waals surface area contributed by atoms with Crippen LogP contribution in [0, 0.1) is 5.92 Å². The number of hydrogen-bond donors (Lipinski definition) is 0. The third-order valence-electron chi connectivity index (χ3n) is 3.69. The zero-order valence-corrected chi connectivity index (χ0v) is 13.6. The standard InChI is InChI=1S/C15H14Cl2N2OS/c16-11-6-5-9(7-12(11)17)8-21-14-10-3-1-2-4-13(10)18-15(20)19-14/h5-7,10H,1-4,8H2. The van der Waals surface area contributed by atoms with Gasteiger partial charge in [-0.25, -0.2) is 9.79 Å². The van der Waals surface area contributed by atoms with E-state index < -0.39 is 0 Å². The van der Waals surface area contributed by atoms with E-state index >= 15 is 0 Å². The van der Waals surface area contributed by atoms with Crippen LogP contribution in [0.4, 0.5) is 4.79 Å². The molecule has 3 nitrogen and oxygen atoms in total. The van der Waals surface area contributed by atoms with Crippen LogP contribution in [0.3, 0.4) is 0 Å². The Labute approximate surface area is 137 Å². The largest absolute Gasteiger partial charge is 0.367 e. The van der Waals surface area contributed by atoms with Crippen LogP contribution in [0.5, 0.6) is 0 Å². The zero-order valence-electron chi connectivity index (χ0n) is 11.3. The Morgan fingerprint density at radius 2 is 2.05 bits per heavy atom. The van der Waals surface area contributed by atoms with Crippen molar-refractivity contribution < 1.29 is 4.79 Å². The Balaban J connectivity index is 1.71. The van der Waals surface area contributed by atoms with Crippen LogP contribution in [0.1, 0.15) is 31.2 Å². The summed E-state index contributed by atoms with van der Waals surface area (Å²) in [6.07, 6.45) is 4.25. The minimum atomic E-state index is -0.361. The summed E-state index contributed by atoms with van der Waals surface area (Å²) in [4.78, 5) is 19.8. The molecule has 0 radical (unpaired) electrons. The molecular weight excluding hydrogens is 327 g/mol. The van der Waals surface area contributed by atoms with E-state index in [1.165, 1.54) is 6.42 Å². The van der Waals surface area contributed by atoms with Gasteiger partial charge in [-0.15, -0.1) is 11.8 Å². The first-order valence-corrected chi connectivity index (χ1v) is 8.64. The summed E-state index contributed by atoms with van der Waals surface area (Å²) >= 11 is 13.5. The maximum absolute atomic E-state index is 11.6. The van der Waals surface area contributed by atoms with E-state index in [2.05, 4.69) is 9.98 Å². The molecule has 1 saturated carbocycles. The lowest BCUT2D eigenvalue weighted by atomic mass is 9.87. The van der Waals surface area contributed by atoms with Gasteiger partial charge in [-0.05, 0) is 37.0 Å². The number of nitrogens with zero attached hydrogens (tertiary/aromatic N) is 2. The van der Waals surface area contributed by atoms with Crippen LogP contribution in [0.15, 0.2) is 28.2 Å². The molecule has 0 aromatic heterocycles. The number of hydrogen-bond acceptors (Lipinski definition) is 2. The van der Waals surface area contributed by atoms with E-state index in [-0.39, 0.29) is 11.9 Å². The molecule has 1 aliphatic heterocycles. The van der Waals surface area contributed by atoms with Gasteiger partial charge in [-0.3, -0.25) is 0 Å². The van der Waals surface area contributed by atoms with Gasteiger partial charge in [0.15, 0.2) is 0 Å². The quantitative estimate of drug-likeness (QED) is 0.724. The van der Waals surface area contributed by atoms with E-state index in [0.29, 0.717) is 10.0 Å². The monoisotopic (exact) mass is 340 g/mol. The second kappa shape index (κ2) is 6.51. The van der Waals surface area contributed by atoms with Gasteiger partial charge in [0, 0.05) is 17.4 Å². The van der Waals surface area contributed by atoms with Gasteiger partial charge < -0.3 is 0 Å². The normalized spacial score (nSPS) is 21.6. The molecule has 1 atom stereocenters. The fourth-order valence-corrected chi connectivity index (χ4v) is 4.05.